The fraction of sp³-hybridized carbons (Fsp3) is 0.231. The van der Waals surface area contributed by atoms with Gasteiger partial charge in [-0.3, -0.25) is 9.78 Å². The van der Waals surface area contributed by atoms with Crippen molar-refractivity contribution in [3.8, 4) is 22.9 Å². The van der Waals surface area contributed by atoms with Crippen LogP contribution in [0.4, 0.5) is 0 Å². The SMILES string of the molecule is Cc1cccc(Oc2cncc([C@@H]3CCCN(C(=O)c4cccc(-c5cncnc5)n4)C3)n2)c1. The fourth-order valence-corrected chi connectivity index (χ4v) is 4.12. The molecule has 8 nitrogen and oxygen atoms in total. The Kier molecular flexibility index (Phi) is 6.20. The number of carbonyl (C=O) groups excluding carboxylic acids is 1. The predicted molar refractivity (Wildman–Crippen MR) is 126 cm³/mol. The molecule has 1 aliphatic rings. The van der Waals surface area contributed by atoms with Gasteiger partial charge in [0, 0.05) is 43.2 Å². The molecule has 5 rings (SSSR count). The lowest BCUT2D eigenvalue weighted by Crippen LogP contribution is -2.39. The van der Waals surface area contributed by atoms with Crippen LogP contribution < -0.4 is 4.74 Å². The van der Waals surface area contributed by atoms with Crippen LogP contribution in [-0.2, 0) is 0 Å². The lowest BCUT2D eigenvalue weighted by molar-refractivity contribution is 0.0700. The molecule has 3 aromatic heterocycles. The molecule has 1 aromatic carbocycles. The molecule has 170 valence electrons. The van der Waals surface area contributed by atoms with Crippen LogP contribution in [0.5, 0.6) is 11.6 Å². The Labute approximate surface area is 197 Å². The molecule has 1 amide bonds. The molecule has 4 aromatic rings. The van der Waals surface area contributed by atoms with Crippen LogP contribution in [0.3, 0.4) is 0 Å². The quantitative estimate of drug-likeness (QED) is 0.442. The van der Waals surface area contributed by atoms with Gasteiger partial charge in [0.15, 0.2) is 0 Å². The fourth-order valence-electron chi connectivity index (χ4n) is 4.12. The third kappa shape index (κ3) is 4.91. The van der Waals surface area contributed by atoms with Crippen molar-refractivity contribution >= 4 is 5.91 Å². The predicted octanol–water partition coefficient (Wildman–Crippen LogP) is 4.45. The first-order valence-electron chi connectivity index (χ1n) is 11.2. The van der Waals surface area contributed by atoms with Crippen LogP contribution in [0.15, 0.2) is 73.6 Å². The Morgan fingerprint density at radius 2 is 1.85 bits per heavy atom. The normalized spacial score (nSPS) is 15.7. The van der Waals surface area contributed by atoms with E-state index in [1.165, 1.54) is 6.33 Å². The number of ether oxygens (including phenoxy) is 1. The molecule has 0 radical (unpaired) electrons. The zero-order chi connectivity index (χ0) is 23.3. The third-order valence-electron chi connectivity index (χ3n) is 5.79. The zero-order valence-corrected chi connectivity index (χ0v) is 18.8. The summed E-state index contributed by atoms with van der Waals surface area (Å²) in [7, 11) is 0. The van der Waals surface area contributed by atoms with Crippen LogP contribution in [0.1, 0.15) is 40.5 Å². The minimum atomic E-state index is -0.0940. The molecule has 8 heteroatoms. The standard InChI is InChI=1S/C26H24N6O2/c1-18-5-2-7-21(11-18)34-25-15-27-14-24(31-25)19-6-4-10-32(16-19)26(33)23-9-3-8-22(30-23)20-12-28-17-29-13-20/h2-3,5,7-9,11-15,17,19H,4,6,10,16H2,1H3/t19-/m1/s1. The highest BCUT2D eigenvalue weighted by molar-refractivity contribution is 5.93. The summed E-state index contributed by atoms with van der Waals surface area (Å²) in [6, 6.07) is 13.2. The van der Waals surface area contributed by atoms with E-state index in [2.05, 4.69) is 24.9 Å². The molecule has 0 saturated carbocycles. The lowest BCUT2D eigenvalue weighted by atomic mass is 9.94. The molecule has 1 saturated heterocycles. The first-order chi connectivity index (χ1) is 16.7. The average Bonchev–Trinajstić information content (AvgIpc) is 2.89. The van der Waals surface area contributed by atoms with E-state index in [0.717, 1.165) is 35.4 Å². The number of likely N-dealkylation sites (tertiary alicyclic amines) is 1. The molecule has 1 aliphatic heterocycles. The number of hydrogen-bond acceptors (Lipinski definition) is 7. The maximum absolute atomic E-state index is 13.3. The first-order valence-corrected chi connectivity index (χ1v) is 11.2. The second kappa shape index (κ2) is 9.74. The minimum Gasteiger partial charge on any atom is -0.437 e. The number of pyridine rings is 1. The van der Waals surface area contributed by atoms with Crippen molar-refractivity contribution < 1.29 is 9.53 Å². The summed E-state index contributed by atoms with van der Waals surface area (Å²) in [5, 5.41) is 0. The monoisotopic (exact) mass is 452 g/mol. The van der Waals surface area contributed by atoms with Crippen molar-refractivity contribution in [3.05, 3.63) is 90.5 Å². The molecule has 0 spiro atoms. The number of hydrogen-bond donors (Lipinski definition) is 0. The summed E-state index contributed by atoms with van der Waals surface area (Å²) >= 11 is 0. The highest BCUT2D eigenvalue weighted by Crippen LogP contribution is 2.28. The number of rotatable bonds is 5. The number of nitrogens with zero attached hydrogens (tertiary/aromatic N) is 6. The van der Waals surface area contributed by atoms with E-state index in [0.29, 0.717) is 30.4 Å². The highest BCUT2D eigenvalue weighted by atomic mass is 16.5. The average molecular weight is 453 g/mol. The maximum atomic E-state index is 13.3. The number of amides is 1. The van der Waals surface area contributed by atoms with E-state index < -0.39 is 0 Å². The lowest BCUT2D eigenvalue weighted by Gasteiger charge is -2.32. The molecule has 34 heavy (non-hydrogen) atoms. The van der Waals surface area contributed by atoms with Crippen LogP contribution in [-0.4, -0.2) is 48.8 Å². The van der Waals surface area contributed by atoms with Crippen molar-refractivity contribution in [1.82, 2.24) is 29.8 Å². The van der Waals surface area contributed by atoms with Crippen LogP contribution in [0.25, 0.3) is 11.3 Å². The van der Waals surface area contributed by atoms with Gasteiger partial charge < -0.3 is 9.64 Å². The van der Waals surface area contributed by atoms with Gasteiger partial charge in [-0.25, -0.2) is 19.9 Å². The van der Waals surface area contributed by atoms with E-state index in [4.69, 9.17) is 4.74 Å². The van der Waals surface area contributed by atoms with Gasteiger partial charge in [-0.2, -0.15) is 0 Å². The maximum Gasteiger partial charge on any atom is 0.272 e. The molecule has 4 heterocycles. The summed E-state index contributed by atoms with van der Waals surface area (Å²) < 4.78 is 5.92. The number of piperidine rings is 1. The van der Waals surface area contributed by atoms with Gasteiger partial charge in [0.1, 0.15) is 17.8 Å². The van der Waals surface area contributed by atoms with Crippen LogP contribution in [0, 0.1) is 6.92 Å². The van der Waals surface area contributed by atoms with E-state index in [9.17, 15) is 4.79 Å². The number of benzene rings is 1. The smallest absolute Gasteiger partial charge is 0.272 e. The van der Waals surface area contributed by atoms with Gasteiger partial charge >= 0.3 is 0 Å². The Hall–Kier alpha value is -4.20. The molecule has 0 aliphatic carbocycles. The highest BCUT2D eigenvalue weighted by Gasteiger charge is 2.27. The van der Waals surface area contributed by atoms with E-state index in [-0.39, 0.29) is 11.8 Å². The van der Waals surface area contributed by atoms with Gasteiger partial charge in [-0.1, -0.05) is 18.2 Å². The minimum absolute atomic E-state index is 0.0805. The first kappa shape index (κ1) is 21.6. The summed E-state index contributed by atoms with van der Waals surface area (Å²) in [6.07, 6.45) is 10.0. The summed E-state index contributed by atoms with van der Waals surface area (Å²) in [6.45, 7) is 3.26. The number of carbonyl (C=O) groups is 1. The van der Waals surface area contributed by atoms with Crippen molar-refractivity contribution in [3.63, 3.8) is 0 Å². The van der Waals surface area contributed by atoms with Gasteiger partial charge in [0.05, 0.1) is 17.6 Å². The zero-order valence-electron chi connectivity index (χ0n) is 18.8. The van der Waals surface area contributed by atoms with Crippen molar-refractivity contribution in [2.75, 3.05) is 13.1 Å². The van der Waals surface area contributed by atoms with Gasteiger partial charge in [0.25, 0.3) is 5.91 Å². The second-order valence-electron chi connectivity index (χ2n) is 8.33. The van der Waals surface area contributed by atoms with E-state index in [1.807, 2.05) is 48.2 Å². The van der Waals surface area contributed by atoms with Gasteiger partial charge in [0.2, 0.25) is 5.88 Å². The molecule has 1 fully saturated rings. The topological polar surface area (TPSA) is 94.0 Å². The van der Waals surface area contributed by atoms with E-state index in [1.54, 1.807) is 30.9 Å². The summed E-state index contributed by atoms with van der Waals surface area (Å²) in [5.74, 6) is 1.16. The molecular formula is C26H24N6O2. The Morgan fingerprint density at radius 3 is 2.71 bits per heavy atom. The molecule has 0 unspecified atom stereocenters. The Morgan fingerprint density at radius 1 is 1.00 bits per heavy atom. The summed E-state index contributed by atoms with van der Waals surface area (Å²) in [4.78, 5) is 36.8. The van der Waals surface area contributed by atoms with Crippen LogP contribution in [0.2, 0.25) is 0 Å². The summed E-state index contributed by atoms with van der Waals surface area (Å²) in [5.41, 5.74) is 3.79. The van der Waals surface area contributed by atoms with Gasteiger partial charge in [-0.15, -0.1) is 0 Å². The van der Waals surface area contributed by atoms with Gasteiger partial charge in [-0.05, 0) is 49.6 Å². The number of aryl methyl sites for hydroxylation is 1. The third-order valence-corrected chi connectivity index (χ3v) is 5.79. The van der Waals surface area contributed by atoms with Crippen molar-refractivity contribution in [2.45, 2.75) is 25.7 Å². The number of aromatic nitrogens is 5. The molecule has 1 atom stereocenters. The second-order valence-corrected chi connectivity index (χ2v) is 8.33. The Bertz CT molecular complexity index is 1300. The largest absolute Gasteiger partial charge is 0.437 e. The van der Waals surface area contributed by atoms with E-state index >= 15 is 0 Å². The van der Waals surface area contributed by atoms with Crippen LogP contribution >= 0.6 is 0 Å². The van der Waals surface area contributed by atoms with Crippen molar-refractivity contribution in [1.29, 1.82) is 0 Å². The molecular weight excluding hydrogens is 428 g/mol. The molecule has 0 bridgehead atoms. The molecule has 0 N–H and O–H groups in total. The van der Waals surface area contributed by atoms with Crippen molar-refractivity contribution in [2.24, 2.45) is 0 Å². The Balaban J connectivity index is 1.31.